The number of aliphatic hydroxyl groups excluding tert-OH is 2. The van der Waals surface area contributed by atoms with Crippen LogP contribution in [0.25, 0.3) is 0 Å². The number of aryl methyl sites for hydroxylation is 1. The van der Waals surface area contributed by atoms with E-state index in [0.717, 1.165) is 24.8 Å². The maximum Gasteiger partial charge on any atom is 0.0681 e. The Hall–Kier alpha value is -0.860. The molecule has 1 aliphatic carbocycles. The lowest BCUT2D eigenvalue weighted by Gasteiger charge is -2.24. The van der Waals surface area contributed by atoms with E-state index in [-0.39, 0.29) is 6.61 Å². The minimum absolute atomic E-state index is 0.123. The van der Waals surface area contributed by atoms with E-state index in [0.29, 0.717) is 12.5 Å². The number of hydrogen-bond donors (Lipinski definition) is 2. The van der Waals surface area contributed by atoms with Gasteiger partial charge in [-0.05, 0) is 48.3 Å². The molecule has 0 bridgehead atoms. The molecule has 1 aliphatic rings. The summed E-state index contributed by atoms with van der Waals surface area (Å²) < 4.78 is 0. The van der Waals surface area contributed by atoms with Crippen LogP contribution in [0.15, 0.2) is 18.2 Å². The van der Waals surface area contributed by atoms with Crippen LogP contribution < -0.4 is 0 Å². The first-order valence-electron chi connectivity index (χ1n) is 5.66. The van der Waals surface area contributed by atoms with Gasteiger partial charge in [0.2, 0.25) is 0 Å². The summed E-state index contributed by atoms with van der Waals surface area (Å²) in [6, 6.07) is 6.25. The number of hydrogen-bond acceptors (Lipinski definition) is 2. The Morgan fingerprint density at radius 2 is 2.07 bits per heavy atom. The van der Waals surface area contributed by atoms with E-state index in [2.05, 4.69) is 12.1 Å². The normalized spacial score (nSPS) is 20.0. The average Bonchev–Trinajstić information content (AvgIpc) is 2.28. The molecule has 0 saturated carbocycles. The highest BCUT2D eigenvalue weighted by atomic mass is 16.3. The van der Waals surface area contributed by atoms with E-state index in [4.69, 9.17) is 10.2 Å². The first-order valence-corrected chi connectivity index (χ1v) is 5.66. The van der Waals surface area contributed by atoms with Gasteiger partial charge in [-0.15, -0.1) is 0 Å². The van der Waals surface area contributed by atoms with Crippen molar-refractivity contribution in [1.82, 2.24) is 0 Å². The molecular weight excluding hydrogens is 188 g/mol. The molecule has 0 amide bonds. The monoisotopic (exact) mass is 206 g/mol. The quantitative estimate of drug-likeness (QED) is 0.789. The molecule has 1 aromatic carbocycles. The van der Waals surface area contributed by atoms with Crippen LogP contribution in [0.3, 0.4) is 0 Å². The summed E-state index contributed by atoms with van der Waals surface area (Å²) in [5.74, 6) is 0.622. The van der Waals surface area contributed by atoms with E-state index in [1.807, 2.05) is 6.07 Å². The number of fused-ring (bicyclic) bond motifs is 1. The van der Waals surface area contributed by atoms with Crippen molar-refractivity contribution in [2.24, 2.45) is 5.92 Å². The average molecular weight is 206 g/mol. The molecule has 0 spiro atoms. The fraction of sp³-hybridized carbons (Fsp3) is 0.538. The van der Waals surface area contributed by atoms with Crippen molar-refractivity contribution in [3.05, 3.63) is 34.9 Å². The maximum atomic E-state index is 9.07. The van der Waals surface area contributed by atoms with Gasteiger partial charge in [0.1, 0.15) is 0 Å². The van der Waals surface area contributed by atoms with Gasteiger partial charge in [0.05, 0.1) is 6.61 Å². The maximum absolute atomic E-state index is 9.07. The van der Waals surface area contributed by atoms with E-state index >= 15 is 0 Å². The van der Waals surface area contributed by atoms with Gasteiger partial charge in [0.25, 0.3) is 0 Å². The van der Waals surface area contributed by atoms with Gasteiger partial charge in [-0.3, -0.25) is 0 Å². The molecule has 0 saturated heterocycles. The fourth-order valence-electron chi connectivity index (χ4n) is 2.41. The van der Waals surface area contributed by atoms with Crippen molar-refractivity contribution in [3.63, 3.8) is 0 Å². The van der Waals surface area contributed by atoms with E-state index < -0.39 is 0 Å². The highest BCUT2D eigenvalue weighted by molar-refractivity contribution is 5.34. The number of rotatable bonds is 3. The molecular formula is C13H18O2. The Morgan fingerprint density at radius 3 is 2.80 bits per heavy atom. The van der Waals surface area contributed by atoms with Gasteiger partial charge in [-0.2, -0.15) is 0 Å². The molecule has 0 aromatic heterocycles. The first-order chi connectivity index (χ1) is 7.33. The molecule has 2 N–H and O–H groups in total. The molecule has 1 atom stereocenters. The van der Waals surface area contributed by atoms with E-state index in [1.165, 1.54) is 17.5 Å². The van der Waals surface area contributed by atoms with Gasteiger partial charge >= 0.3 is 0 Å². The molecule has 0 heterocycles. The minimum Gasteiger partial charge on any atom is -0.396 e. The Labute approximate surface area is 90.6 Å². The third-order valence-electron chi connectivity index (χ3n) is 3.32. The third kappa shape index (κ3) is 2.39. The highest BCUT2D eigenvalue weighted by Crippen LogP contribution is 2.28. The van der Waals surface area contributed by atoms with Gasteiger partial charge in [-0.1, -0.05) is 18.2 Å². The molecule has 82 valence electrons. The molecule has 1 aromatic rings. The molecule has 0 fully saturated rings. The fourth-order valence-corrected chi connectivity index (χ4v) is 2.41. The highest BCUT2D eigenvalue weighted by Gasteiger charge is 2.18. The predicted octanol–water partition coefficient (Wildman–Crippen LogP) is 1.67. The van der Waals surface area contributed by atoms with Crippen LogP contribution in [-0.4, -0.2) is 16.8 Å². The predicted molar refractivity (Wildman–Crippen MR) is 59.6 cm³/mol. The van der Waals surface area contributed by atoms with Crippen molar-refractivity contribution in [2.45, 2.75) is 32.3 Å². The summed E-state index contributed by atoms with van der Waals surface area (Å²) in [5, 5.41) is 18.0. The molecule has 2 nitrogen and oxygen atoms in total. The summed E-state index contributed by atoms with van der Waals surface area (Å²) in [6.45, 7) is 0.414. The molecule has 2 heteroatoms. The molecule has 2 rings (SSSR count). The second-order valence-corrected chi connectivity index (χ2v) is 4.38. The lowest BCUT2D eigenvalue weighted by molar-refractivity contribution is 0.248. The minimum atomic E-state index is 0.123. The second-order valence-electron chi connectivity index (χ2n) is 4.38. The van der Waals surface area contributed by atoms with Crippen molar-refractivity contribution >= 4 is 0 Å². The summed E-state index contributed by atoms with van der Waals surface area (Å²) >= 11 is 0. The van der Waals surface area contributed by atoms with E-state index in [9.17, 15) is 0 Å². The van der Waals surface area contributed by atoms with Gasteiger partial charge in [0.15, 0.2) is 0 Å². The third-order valence-corrected chi connectivity index (χ3v) is 3.32. The van der Waals surface area contributed by atoms with Crippen LogP contribution in [0.2, 0.25) is 0 Å². The van der Waals surface area contributed by atoms with E-state index in [1.54, 1.807) is 0 Å². The Kier molecular flexibility index (Phi) is 3.39. The zero-order chi connectivity index (χ0) is 10.7. The number of aliphatic hydroxyl groups is 2. The van der Waals surface area contributed by atoms with Crippen molar-refractivity contribution < 1.29 is 10.2 Å². The summed E-state index contributed by atoms with van der Waals surface area (Å²) in [4.78, 5) is 0. The number of benzene rings is 1. The zero-order valence-corrected chi connectivity index (χ0v) is 8.95. The standard InChI is InChI=1S/C13H18O2/c14-6-5-10-1-3-12-4-2-11(9-15)8-13(12)7-10/h2,4,8,10,14-15H,1,3,5-7,9H2. The van der Waals surface area contributed by atoms with Crippen LogP contribution in [0.1, 0.15) is 29.5 Å². The van der Waals surface area contributed by atoms with Gasteiger partial charge in [0, 0.05) is 6.61 Å². The smallest absolute Gasteiger partial charge is 0.0681 e. The summed E-state index contributed by atoms with van der Waals surface area (Å²) in [6.07, 6.45) is 4.27. The van der Waals surface area contributed by atoms with Crippen LogP contribution in [0.5, 0.6) is 0 Å². The molecule has 1 unspecified atom stereocenters. The van der Waals surface area contributed by atoms with Gasteiger partial charge in [-0.25, -0.2) is 0 Å². The van der Waals surface area contributed by atoms with Gasteiger partial charge < -0.3 is 10.2 Å². The lowest BCUT2D eigenvalue weighted by Crippen LogP contribution is -2.15. The van der Waals surface area contributed by atoms with Crippen LogP contribution in [0, 0.1) is 5.92 Å². The molecule has 0 radical (unpaired) electrons. The van der Waals surface area contributed by atoms with Crippen molar-refractivity contribution in [3.8, 4) is 0 Å². The van der Waals surface area contributed by atoms with Crippen LogP contribution >= 0.6 is 0 Å². The summed E-state index contributed by atoms with van der Waals surface area (Å²) in [7, 11) is 0. The van der Waals surface area contributed by atoms with Crippen LogP contribution in [0.4, 0.5) is 0 Å². The van der Waals surface area contributed by atoms with Crippen molar-refractivity contribution in [1.29, 1.82) is 0 Å². The zero-order valence-electron chi connectivity index (χ0n) is 8.95. The SMILES string of the molecule is OCCC1CCc2ccc(CO)cc2C1. The Bertz CT molecular complexity index is 333. The lowest BCUT2D eigenvalue weighted by atomic mass is 9.82. The molecule has 15 heavy (non-hydrogen) atoms. The second kappa shape index (κ2) is 4.77. The topological polar surface area (TPSA) is 40.5 Å². The van der Waals surface area contributed by atoms with Crippen molar-refractivity contribution in [2.75, 3.05) is 6.61 Å². The summed E-state index contributed by atoms with van der Waals surface area (Å²) in [5.41, 5.74) is 3.78. The first kappa shape index (κ1) is 10.7. The molecule has 0 aliphatic heterocycles. The Balaban J connectivity index is 2.16. The van der Waals surface area contributed by atoms with Crippen LogP contribution in [-0.2, 0) is 19.4 Å². The Morgan fingerprint density at radius 1 is 1.20 bits per heavy atom. The largest absolute Gasteiger partial charge is 0.396 e.